The van der Waals surface area contributed by atoms with E-state index in [2.05, 4.69) is 0 Å². The van der Waals surface area contributed by atoms with E-state index < -0.39 is 18.2 Å². The van der Waals surface area contributed by atoms with Crippen LogP contribution in [0.15, 0.2) is 59.5 Å². The molecule has 0 spiro atoms. The normalized spacial score (nSPS) is 18.9. The van der Waals surface area contributed by atoms with Crippen molar-refractivity contribution in [1.29, 1.82) is 0 Å². The molecule has 1 saturated heterocycles. The van der Waals surface area contributed by atoms with Gasteiger partial charge in [0.25, 0.3) is 0 Å². The Morgan fingerprint density at radius 1 is 1.26 bits per heavy atom. The second-order valence-electron chi connectivity index (χ2n) is 6.60. The van der Waals surface area contributed by atoms with Gasteiger partial charge in [-0.1, -0.05) is 24.3 Å². The Hall–Kier alpha value is -3.12. The van der Waals surface area contributed by atoms with E-state index in [1.807, 2.05) is 47.0 Å². The van der Waals surface area contributed by atoms with Gasteiger partial charge in [0, 0.05) is 30.1 Å². The SMILES string of the molecule is COc1cccc(Cn2cc(C3CC(C(=O)O)O3)c(=O)c3ccccc32)c1. The monoisotopic (exact) mass is 365 g/mol. The van der Waals surface area contributed by atoms with Crippen LogP contribution in [0.4, 0.5) is 0 Å². The highest BCUT2D eigenvalue weighted by molar-refractivity contribution is 5.80. The second kappa shape index (κ2) is 6.89. The molecule has 3 aromatic rings. The lowest BCUT2D eigenvalue weighted by Crippen LogP contribution is -2.39. The number of aliphatic carboxylic acids is 1. The molecule has 0 bridgehead atoms. The Bertz CT molecular complexity index is 1070. The van der Waals surface area contributed by atoms with Crippen molar-refractivity contribution in [2.24, 2.45) is 0 Å². The van der Waals surface area contributed by atoms with Gasteiger partial charge in [0.1, 0.15) is 5.75 Å². The lowest BCUT2D eigenvalue weighted by atomic mass is 9.97. The summed E-state index contributed by atoms with van der Waals surface area (Å²) in [7, 11) is 1.62. The van der Waals surface area contributed by atoms with E-state index in [0.717, 1.165) is 16.8 Å². The molecule has 0 aliphatic carbocycles. The zero-order valence-electron chi connectivity index (χ0n) is 14.8. The van der Waals surface area contributed by atoms with Crippen LogP contribution < -0.4 is 10.2 Å². The minimum absolute atomic E-state index is 0.110. The topological polar surface area (TPSA) is 77.8 Å². The fourth-order valence-corrected chi connectivity index (χ4v) is 3.44. The number of fused-ring (bicyclic) bond motifs is 1. The first kappa shape index (κ1) is 17.3. The minimum Gasteiger partial charge on any atom is -0.497 e. The van der Waals surface area contributed by atoms with E-state index in [1.54, 1.807) is 19.4 Å². The quantitative estimate of drug-likeness (QED) is 0.752. The highest BCUT2D eigenvalue weighted by Gasteiger charge is 2.38. The third-order valence-electron chi connectivity index (χ3n) is 4.88. The molecule has 0 radical (unpaired) electrons. The van der Waals surface area contributed by atoms with Crippen molar-refractivity contribution in [3.8, 4) is 5.75 Å². The third kappa shape index (κ3) is 3.19. The van der Waals surface area contributed by atoms with E-state index in [9.17, 15) is 9.59 Å². The van der Waals surface area contributed by atoms with Crippen molar-refractivity contribution in [2.45, 2.75) is 25.2 Å². The highest BCUT2D eigenvalue weighted by Crippen LogP contribution is 2.34. The molecule has 2 unspecified atom stereocenters. The van der Waals surface area contributed by atoms with Crippen LogP contribution in [0.2, 0.25) is 0 Å². The maximum atomic E-state index is 12.9. The summed E-state index contributed by atoms with van der Waals surface area (Å²) in [6.45, 7) is 0.556. The summed E-state index contributed by atoms with van der Waals surface area (Å²) in [5, 5.41) is 9.62. The molecule has 6 nitrogen and oxygen atoms in total. The van der Waals surface area contributed by atoms with Gasteiger partial charge in [0.15, 0.2) is 11.5 Å². The van der Waals surface area contributed by atoms with Gasteiger partial charge < -0.3 is 19.1 Å². The number of carboxylic acid groups (broad SMARTS) is 1. The van der Waals surface area contributed by atoms with E-state index in [4.69, 9.17) is 14.6 Å². The van der Waals surface area contributed by atoms with Gasteiger partial charge in [-0.15, -0.1) is 0 Å². The first-order chi connectivity index (χ1) is 13.1. The Morgan fingerprint density at radius 3 is 2.78 bits per heavy atom. The summed E-state index contributed by atoms with van der Waals surface area (Å²) in [5.74, 6) is -0.228. The van der Waals surface area contributed by atoms with Gasteiger partial charge in [0.05, 0.1) is 18.7 Å². The maximum Gasteiger partial charge on any atom is 0.332 e. The van der Waals surface area contributed by atoms with Gasteiger partial charge in [-0.25, -0.2) is 4.79 Å². The number of ether oxygens (including phenoxy) is 2. The smallest absolute Gasteiger partial charge is 0.332 e. The summed E-state index contributed by atoms with van der Waals surface area (Å²) >= 11 is 0. The van der Waals surface area contributed by atoms with Gasteiger partial charge in [-0.3, -0.25) is 4.79 Å². The largest absolute Gasteiger partial charge is 0.497 e. The summed E-state index contributed by atoms with van der Waals surface area (Å²) < 4.78 is 12.7. The van der Waals surface area contributed by atoms with Crippen LogP contribution in [-0.2, 0) is 16.1 Å². The molecule has 1 N–H and O–H groups in total. The van der Waals surface area contributed by atoms with Crippen LogP contribution >= 0.6 is 0 Å². The average Bonchev–Trinajstić information content (AvgIpc) is 2.64. The van der Waals surface area contributed by atoms with Gasteiger partial charge in [0.2, 0.25) is 0 Å². The van der Waals surface area contributed by atoms with E-state index >= 15 is 0 Å². The van der Waals surface area contributed by atoms with Gasteiger partial charge in [-0.05, 0) is 29.8 Å². The molecule has 27 heavy (non-hydrogen) atoms. The predicted octanol–water partition coefficient (Wildman–Crippen LogP) is 2.97. The predicted molar refractivity (Wildman–Crippen MR) is 100 cm³/mol. The van der Waals surface area contributed by atoms with Crippen LogP contribution in [0.25, 0.3) is 10.9 Å². The lowest BCUT2D eigenvalue weighted by Gasteiger charge is -2.33. The zero-order valence-corrected chi connectivity index (χ0v) is 14.8. The molecule has 0 amide bonds. The van der Waals surface area contributed by atoms with Gasteiger partial charge >= 0.3 is 5.97 Å². The highest BCUT2D eigenvalue weighted by atomic mass is 16.5. The van der Waals surface area contributed by atoms with E-state index in [-0.39, 0.29) is 5.43 Å². The molecule has 6 heteroatoms. The molecule has 2 atom stereocenters. The number of methoxy groups -OCH3 is 1. The fourth-order valence-electron chi connectivity index (χ4n) is 3.44. The number of pyridine rings is 1. The van der Waals surface area contributed by atoms with Crippen molar-refractivity contribution in [2.75, 3.05) is 7.11 Å². The van der Waals surface area contributed by atoms with Crippen LogP contribution in [0.1, 0.15) is 23.7 Å². The summed E-state index contributed by atoms with van der Waals surface area (Å²) in [4.78, 5) is 23.9. The molecule has 2 aromatic carbocycles. The van der Waals surface area contributed by atoms with Crippen molar-refractivity contribution in [1.82, 2.24) is 4.57 Å². The lowest BCUT2D eigenvalue weighted by molar-refractivity contribution is -0.180. The zero-order chi connectivity index (χ0) is 19.0. The summed E-state index contributed by atoms with van der Waals surface area (Å²) in [5.41, 5.74) is 2.24. The van der Waals surface area contributed by atoms with Crippen LogP contribution in [-0.4, -0.2) is 28.9 Å². The van der Waals surface area contributed by atoms with Crippen LogP contribution in [0.5, 0.6) is 5.75 Å². The van der Waals surface area contributed by atoms with Gasteiger partial charge in [-0.2, -0.15) is 0 Å². The number of carbonyl (C=O) groups is 1. The van der Waals surface area contributed by atoms with Crippen LogP contribution in [0, 0.1) is 0 Å². The number of para-hydroxylation sites is 1. The number of hydrogen-bond donors (Lipinski definition) is 1. The molecule has 0 saturated carbocycles. The van der Waals surface area contributed by atoms with Crippen molar-refractivity contribution >= 4 is 16.9 Å². The number of hydrogen-bond acceptors (Lipinski definition) is 4. The van der Waals surface area contributed by atoms with E-state index in [0.29, 0.717) is 23.9 Å². The maximum absolute atomic E-state index is 12.9. The minimum atomic E-state index is -0.997. The molecule has 1 aliphatic heterocycles. The summed E-state index contributed by atoms with van der Waals surface area (Å²) in [6, 6.07) is 15.2. The molecule has 138 valence electrons. The molecule has 4 rings (SSSR count). The molecule has 1 aromatic heterocycles. The molecular formula is C21H19NO5. The molecule has 1 aliphatic rings. The van der Waals surface area contributed by atoms with Crippen molar-refractivity contribution < 1.29 is 19.4 Å². The number of rotatable bonds is 5. The number of nitrogens with zero attached hydrogens (tertiary/aromatic N) is 1. The number of aromatic nitrogens is 1. The standard InChI is InChI=1S/C21H19NO5/c1-26-14-6-4-5-13(9-14)11-22-12-16(18-10-19(27-18)21(24)25)20(23)15-7-2-3-8-17(15)22/h2-9,12,18-19H,10-11H2,1H3,(H,24,25). The summed E-state index contributed by atoms with van der Waals surface area (Å²) in [6.07, 6.45) is 0.766. The first-order valence-corrected chi connectivity index (χ1v) is 8.70. The number of carboxylic acids is 1. The Labute approximate surface area is 155 Å². The van der Waals surface area contributed by atoms with E-state index in [1.165, 1.54) is 0 Å². The average molecular weight is 365 g/mol. The first-order valence-electron chi connectivity index (χ1n) is 8.70. The molecule has 2 heterocycles. The Morgan fingerprint density at radius 2 is 2.04 bits per heavy atom. The molecular weight excluding hydrogens is 346 g/mol. The Kier molecular flexibility index (Phi) is 4.41. The Balaban J connectivity index is 1.76. The molecule has 1 fully saturated rings. The third-order valence-corrected chi connectivity index (χ3v) is 4.88. The number of benzene rings is 2. The van der Waals surface area contributed by atoms with Crippen LogP contribution in [0.3, 0.4) is 0 Å². The van der Waals surface area contributed by atoms with Crippen molar-refractivity contribution in [3.05, 3.63) is 76.1 Å². The van der Waals surface area contributed by atoms with Crippen molar-refractivity contribution in [3.63, 3.8) is 0 Å². The second-order valence-corrected chi connectivity index (χ2v) is 6.60. The fraction of sp³-hybridized carbons (Fsp3) is 0.238.